The normalized spacial score (nSPS) is 16.2. The number of nitrogens with zero attached hydrogens (tertiary/aromatic N) is 3. The number of carbonyl (C=O) groups excluding carboxylic acids is 1. The van der Waals surface area contributed by atoms with Gasteiger partial charge in [-0.3, -0.25) is 9.78 Å². The van der Waals surface area contributed by atoms with Gasteiger partial charge in [-0.2, -0.15) is 5.26 Å². The zero-order valence-corrected chi connectivity index (χ0v) is 8.81. The van der Waals surface area contributed by atoms with Gasteiger partial charge in [0.25, 0.3) is 0 Å². The molecule has 1 N–H and O–H groups in total. The first-order valence-corrected chi connectivity index (χ1v) is 5.17. The zero-order chi connectivity index (χ0) is 11.4. The molecule has 1 saturated heterocycles. The molecule has 0 aliphatic carbocycles. The van der Waals surface area contributed by atoms with E-state index < -0.39 is 0 Å². The quantitative estimate of drug-likeness (QED) is 0.732. The summed E-state index contributed by atoms with van der Waals surface area (Å²) in [5.41, 5.74) is 1.30. The van der Waals surface area contributed by atoms with Crippen molar-refractivity contribution in [3.05, 3.63) is 24.0 Å². The highest BCUT2D eigenvalue weighted by Crippen LogP contribution is 2.18. The standard InChI is InChI=1S/C11H12N4O/c12-6-9-2-4-13-7-10(9)15-5-1-3-14-11(16)8-15/h2,4,7H,1,3,5,8H2,(H,14,16). The lowest BCUT2D eigenvalue weighted by molar-refractivity contribution is -0.119. The maximum atomic E-state index is 11.4. The number of amides is 1. The summed E-state index contributed by atoms with van der Waals surface area (Å²) in [7, 11) is 0. The molecule has 1 amide bonds. The average molecular weight is 216 g/mol. The summed E-state index contributed by atoms with van der Waals surface area (Å²) in [6.07, 6.45) is 4.10. The van der Waals surface area contributed by atoms with E-state index in [0.717, 1.165) is 18.7 Å². The SMILES string of the molecule is N#Cc1ccncc1N1CCCNC(=O)C1. The molecule has 2 rings (SSSR count). The molecule has 0 spiro atoms. The summed E-state index contributed by atoms with van der Waals surface area (Å²) < 4.78 is 0. The van der Waals surface area contributed by atoms with Crippen LogP contribution in [-0.4, -0.2) is 30.5 Å². The molecule has 1 aliphatic heterocycles. The van der Waals surface area contributed by atoms with E-state index in [0.29, 0.717) is 18.7 Å². The molecular formula is C11H12N4O. The minimum atomic E-state index is -0.00903. The van der Waals surface area contributed by atoms with Crippen LogP contribution in [0.2, 0.25) is 0 Å². The van der Waals surface area contributed by atoms with Gasteiger partial charge in [0.05, 0.1) is 24.0 Å². The first kappa shape index (κ1) is 10.4. The van der Waals surface area contributed by atoms with Crippen molar-refractivity contribution in [3.8, 4) is 6.07 Å². The number of nitrogens with one attached hydrogen (secondary N) is 1. The molecule has 16 heavy (non-hydrogen) atoms. The summed E-state index contributed by atoms with van der Waals surface area (Å²) in [4.78, 5) is 17.3. The maximum Gasteiger partial charge on any atom is 0.239 e. The van der Waals surface area contributed by atoms with Crippen molar-refractivity contribution < 1.29 is 4.79 Å². The van der Waals surface area contributed by atoms with Crippen LogP contribution in [0, 0.1) is 11.3 Å². The summed E-state index contributed by atoms with van der Waals surface area (Å²) in [6, 6.07) is 3.78. The van der Waals surface area contributed by atoms with Crippen molar-refractivity contribution in [1.82, 2.24) is 10.3 Å². The van der Waals surface area contributed by atoms with Gasteiger partial charge in [0.15, 0.2) is 0 Å². The Morgan fingerprint density at radius 1 is 1.56 bits per heavy atom. The van der Waals surface area contributed by atoms with Gasteiger partial charge >= 0.3 is 0 Å². The molecule has 1 aliphatic rings. The molecule has 82 valence electrons. The first-order valence-electron chi connectivity index (χ1n) is 5.17. The Morgan fingerprint density at radius 2 is 2.44 bits per heavy atom. The van der Waals surface area contributed by atoms with Crippen molar-refractivity contribution in [2.75, 3.05) is 24.5 Å². The smallest absolute Gasteiger partial charge is 0.239 e. The van der Waals surface area contributed by atoms with Gasteiger partial charge in [-0.1, -0.05) is 0 Å². The fourth-order valence-corrected chi connectivity index (χ4v) is 1.74. The van der Waals surface area contributed by atoms with Crippen LogP contribution < -0.4 is 10.2 Å². The summed E-state index contributed by atoms with van der Waals surface area (Å²) in [5.74, 6) is -0.00903. The Balaban J connectivity index is 2.28. The summed E-state index contributed by atoms with van der Waals surface area (Å²) in [6.45, 7) is 1.75. The number of aromatic nitrogens is 1. The molecule has 1 aromatic rings. The highest BCUT2D eigenvalue weighted by molar-refractivity contribution is 5.82. The van der Waals surface area contributed by atoms with Crippen molar-refractivity contribution in [1.29, 1.82) is 5.26 Å². The molecule has 0 aromatic carbocycles. The van der Waals surface area contributed by atoms with Crippen LogP contribution in [0.15, 0.2) is 18.5 Å². The van der Waals surface area contributed by atoms with Gasteiger partial charge in [-0.15, -0.1) is 0 Å². The number of hydrogen-bond donors (Lipinski definition) is 1. The third-order valence-corrected chi connectivity index (χ3v) is 2.52. The highest BCUT2D eigenvalue weighted by atomic mass is 16.2. The van der Waals surface area contributed by atoms with E-state index in [4.69, 9.17) is 5.26 Å². The van der Waals surface area contributed by atoms with Gasteiger partial charge in [-0.25, -0.2) is 0 Å². The van der Waals surface area contributed by atoms with Crippen LogP contribution in [0.25, 0.3) is 0 Å². The van der Waals surface area contributed by atoms with E-state index in [1.165, 1.54) is 0 Å². The predicted molar refractivity (Wildman–Crippen MR) is 58.8 cm³/mol. The summed E-state index contributed by atoms with van der Waals surface area (Å²) >= 11 is 0. The number of pyridine rings is 1. The Labute approximate surface area is 93.7 Å². The van der Waals surface area contributed by atoms with E-state index in [2.05, 4.69) is 16.4 Å². The molecule has 5 nitrogen and oxygen atoms in total. The van der Waals surface area contributed by atoms with Crippen LogP contribution >= 0.6 is 0 Å². The average Bonchev–Trinajstić information content (AvgIpc) is 2.54. The molecule has 1 fully saturated rings. The van der Waals surface area contributed by atoms with Crippen molar-refractivity contribution in [3.63, 3.8) is 0 Å². The van der Waals surface area contributed by atoms with Crippen LogP contribution in [-0.2, 0) is 4.79 Å². The monoisotopic (exact) mass is 216 g/mol. The lowest BCUT2D eigenvalue weighted by Gasteiger charge is -2.21. The second-order valence-electron chi connectivity index (χ2n) is 3.63. The van der Waals surface area contributed by atoms with Gasteiger partial charge < -0.3 is 10.2 Å². The van der Waals surface area contributed by atoms with E-state index in [1.807, 2.05) is 4.90 Å². The Bertz CT molecular complexity index is 438. The Kier molecular flexibility index (Phi) is 3.01. The fraction of sp³-hybridized carbons (Fsp3) is 0.364. The van der Waals surface area contributed by atoms with Crippen molar-refractivity contribution in [2.45, 2.75) is 6.42 Å². The highest BCUT2D eigenvalue weighted by Gasteiger charge is 2.17. The zero-order valence-electron chi connectivity index (χ0n) is 8.81. The van der Waals surface area contributed by atoms with E-state index in [-0.39, 0.29) is 5.91 Å². The number of nitriles is 1. The third kappa shape index (κ3) is 2.11. The number of rotatable bonds is 1. The minimum absolute atomic E-state index is 0.00903. The molecule has 0 atom stereocenters. The number of hydrogen-bond acceptors (Lipinski definition) is 4. The number of carbonyl (C=O) groups is 1. The van der Waals surface area contributed by atoms with Crippen molar-refractivity contribution >= 4 is 11.6 Å². The van der Waals surface area contributed by atoms with Crippen LogP contribution in [0.3, 0.4) is 0 Å². The molecule has 2 heterocycles. The molecular weight excluding hydrogens is 204 g/mol. The maximum absolute atomic E-state index is 11.4. The molecule has 0 unspecified atom stereocenters. The minimum Gasteiger partial charge on any atom is -0.360 e. The molecule has 1 aromatic heterocycles. The molecule has 0 bridgehead atoms. The van der Waals surface area contributed by atoms with Crippen molar-refractivity contribution in [2.24, 2.45) is 0 Å². The second-order valence-corrected chi connectivity index (χ2v) is 3.63. The Hall–Kier alpha value is -2.09. The molecule has 0 saturated carbocycles. The first-order chi connectivity index (χ1) is 7.81. The van der Waals surface area contributed by atoms with E-state index in [1.54, 1.807) is 18.5 Å². The van der Waals surface area contributed by atoms with Gasteiger partial charge in [-0.05, 0) is 12.5 Å². The third-order valence-electron chi connectivity index (χ3n) is 2.52. The van der Waals surface area contributed by atoms with Crippen LogP contribution in [0.4, 0.5) is 5.69 Å². The van der Waals surface area contributed by atoms with E-state index >= 15 is 0 Å². The predicted octanol–water partition coefficient (Wildman–Crippen LogP) is 0.280. The second kappa shape index (κ2) is 4.62. The lowest BCUT2D eigenvalue weighted by atomic mass is 10.2. The summed E-state index contributed by atoms with van der Waals surface area (Å²) in [5, 5.41) is 11.8. The molecule has 5 heteroatoms. The van der Waals surface area contributed by atoms with Crippen LogP contribution in [0.1, 0.15) is 12.0 Å². The number of anilines is 1. The largest absolute Gasteiger partial charge is 0.360 e. The van der Waals surface area contributed by atoms with Gasteiger partial charge in [0.2, 0.25) is 5.91 Å². The van der Waals surface area contributed by atoms with Crippen LogP contribution in [0.5, 0.6) is 0 Å². The molecule has 0 radical (unpaired) electrons. The van der Waals surface area contributed by atoms with Gasteiger partial charge in [0.1, 0.15) is 6.07 Å². The Morgan fingerprint density at radius 3 is 3.25 bits per heavy atom. The lowest BCUT2D eigenvalue weighted by Crippen LogP contribution is -2.33. The van der Waals surface area contributed by atoms with E-state index in [9.17, 15) is 4.79 Å². The fourth-order valence-electron chi connectivity index (χ4n) is 1.74. The topological polar surface area (TPSA) is 69.0 Å². The van der Waals surface area contributed by atoms with Gasteiger partial charge in [0, 0.05) is 19.3 Å².